The fourth-order valence-electron chi connectivity index (χ4n) is 5.47. The Balaban J connectivity index is 1.50. The van der Waals surface area contributed by atoms with Gasteiger partial charge in [0, 0.05) is 12.1 Å². The summed E-state index contributed by atoms with van der Waals surface area (Å²) in [5.41, 5.74) is -0.517. The van der Waals surface area contributed by atoms with Crippen LogP contribution in [-0.2, 0) is 18.8 Å². The minimum Gasteiger partial charge on any atom is -0.459 e. The van der Waals surface area contributed by atoms with Crippen LogP contribution in [0.15, 0.2) is 12.1 Å². The highest BCUT2D eigenvalue weighted by Crippen LogP contribution is 2.59. The van der Waals surface area contributed by atoms with Crippen LogP contribution in [0.3, 0.4) is 0 Å². The van der Waals surface area contributed by atoms with Crippen LogP contribution >= 0.6 is 0 Å². The van der Waals surface area contributed by atoms with Crippen molar-refractivity contribution in [2.24, 2.45) is 5.92 Å². The summed E-state index contributed by atoms with van der Waals surface area (Å²) < 4.78 is 18.3. The number of allylic oxidation sites excluding steroid dienone is 1. The third-order valence-corrected chi connectivity index (χ3v) is 7.67. The van der Waals surface area contributed by atoms with Gasteiger partial charge in [0.15, 0.2) is 0 Å². The summed E-state index contributed by atoms with van der Waals surface area (Å²) in [6, 6.07) is 0.706. The summed E-state index contributed by atoms with van der Waals surface area (Å²) in [7, 11) is -0.363. The van der Waals surface area contributed by atoms with E-state index in [1.807, 2.05) is 20.8 Å². The number of fused-ring (bicyclic) bond motifs is 1. The van der Waals surface area contributed by atoms with Crippen LogP contribution in [0, 0.1) is 5.92 Å². The molecule has 0 aliphatic carbocycles. The van der Waals surface area contributed by atoms with E-state index in [4.69, 9.17) is 14.0 Å². The van der Waals surface area contributed by atoms with Crippen LogP contribution < -0.4 is 0 Å². The van der Waals surface area contributed by atoms with E-state index < -0.39 is 11.1 Å². The van der Waals surface area contributed by atoms with Gasteiger partial charge in [0.05, 0.1) is 11.2 Å². The molecule has 0 bridgehead atoms. The molecule has 4 unspecified atom stereocenters. The van der Waals surface area contributed by atoms with E-state index in [-0.39, 0.29) is 30.3 Å². The maximum Gasteiger partial charge on any atom is 0.490 e. The molecule has 4 rings (SSSR count). The minimum atomic E-state index is -0.447. The topological polar surface area (TPSA) is 47.8 Å². The lowest BCUT2D eigenvalue weighted by atomic mass is 9.68. The molecule has 5 nitrogen and oxygen atoms in total. The van der Waals surface area contributed by atoms with Crippen LogP contribution in [0.4, 0.5) is 0 Å². The van der Waals surface area contributed by atoms with Gasteiger partial charge in [0.2, 0.25) is 0 Å². The number of piperidine rings is 2. The van der Waals surface area contributed by atoms with E-state index >= 15 is 0 Å². The number of carbonyl (C=O) groups excluding carboxylic acids is 1. The van der Waals surface area contributed by atoms with E-state index in [2.05, 4.69) is 39.2 Å². The number of ether oxygens (including phenoxy) is 1. The lowest BCUT2D eigenvalue weighted by Gasteiger charge is -2.34. The van der Waals surface area contributed by atoms with Gasteiger partial charge in [-0.05, 0) is 92.0 Å². The SMILES string of the molecule is C=C(B1OC(C)(C)C(C)(C)O1)[C@H]1CC2CCCC3(C(=O)OC(C)(C)C)C(C1)N23. The summed E-state index contributed by atoms with van der Waals surface area (Å²) in [4.78, 5) is 15.5. The van der Waals surface area contributed by atoms with E-state index in [1.54, 1.807) is 0 Å². The molecule has 28 heavy (non-hydrogen) atoms. The number of rotatable bonds is 3. The number of hydrogen-bond donors (Lipinski definition) is 0. The Kier molecular flexibility index (Phi) is 4.44. The molecule has 0 spiro atoms. The monoisotopic (exact) mass is 389 g/mol. The molecule has 0 amide bonds. The van der Waals surface area contributed by atoms with Crippen molar-refractivity contribution in [1.29, 1.82) is 0 Å². The smallest absolute Gasteiger partial charge is 0.459 e. The van der Waals surface area contributed by atoms with E-state index in [9.17, 15) is 4.79 Å². The fraction of sp³-hybridized carbons (Fsp3) is 0.864. The lowest BCUT2D eigenvalue weighted by Crippen LogP contribution is -2.42. The second-order valence-electron chi connectivity index (χ2n) is 11.2. The zero-order chi connectivity index (χ0) is 20.7. The van der Waals surface area contributed by atoms with Crippen molar-refractivity contribution in [3.8, 4) is 0 Å². The third kappa shape index (κ3) is 2.98. The molecule has 0 aromatic rings. The number of carbonyl (C=O) groups is 1. The van der Waals surface area contributed by atoms with Crippen molar-refractivity contribution in [2.45, 2.75) is 115 Å². The van der Waals surface area contributed by atoms with Crippen molar-refractivity contribution in [1.82, 2.24) is 4.90 Å². The Morgan fingerprint density at radius 2 is 1.75 bits per heavy atom. The summed E-state index contributed by atoms with van der Waals surface area (Å²) >= 11 is 0. The maximum absolute atomic E-state index is 13.1. The Morgan fingerprint density at radius 1 is 1.14 bits per heavy atom. The number of nitrogens with zero attached hydrogens (tertiary/aromatic N) is 1. The Hall–Kier alpha value is -0.845. The number of esters is 1. The average Bonchev–Trinajstić information content (AvgIpc) is 3.16. The Bertz CT molecular complexity index is 681. The normalized spacial score (nSPS) is 40.6. The van der Waals surface area contributed by atoms with Gasteiger partial charge in [0.25, 0.3) is 0 Å². The molecular formula is C22H36BNO4. The van der Waals surface area contributed by atoms with Crippen LogP contribution in [0.25, 0.3) is 0 Å². The van der Waals surface area contributed by atoms with Gasteiger partial charge in [-0.3, -0.25) is 4.90 Å². The summed E-state index contributed by atoms with van der Waals surface area (Å²) in [5.74, 6) is 0.292. The van der Waals surface area contributed by atoms with Crippen molar-refractivity contribution < 1.29 is 18.8 Å². The van der Waals surface area contributed by atoms with Gasteiger partial charge in [0.1, 0.15) is 11.1 Å². The summed E-state index contributed by atoms with van der Waals surface area (Å²) in [5, 5.41) is 0. The van der Waals surface area contributed by atoms with Gasteiger partial charge >= 0.3 is 13.1 Å². The van der Waals surface area contributed by atoms with Crippen LogP contribution in [0.2, 0.25) is 0 Å². The van der Waals surface area contributed by atoms with E-state index in [0.717, 1.165) is 37.6 Å². The van der Waals surface area contributed by atoms with Crippen molar-refractivity contribution in [3.05, 3.63) is 12.1 Å². The summed E-state index contributed by atoms with van der Waals surface area (Å²) in [6.45, 7) is 18.6. The van der Waals surface area contributed by atoms with Crippen molar-refractivity contribution >= 4 is 13.1 Å². The molecule has 156 valence electrons. The molecule has 0 aromatic carbocycles. The molecule has 0 radical (unpaired) electrons. The Morgan fingerprint density at radius 3 is 2.32 bits per heavy atom. The summed E-state index contributed by atoms with van der Waals surface area (Å²) in [6.07, 6.45) is 5.13. The lowest BCUT2D eigenvalue weighted by molar-refractivity contribution is -0.160. The highest BCUT2D eigenvalue weighted by Gasteiger charge is 2.73. The average molecular weight is 389 g/mol. The standard InChI is InChI=1S/C22H36BNO4/c1-14(23-27-20(5,6)21(7,8)28-23)15-12-16-10-9-11-22(17(13-15)24(16)22)18(25)26-19(2,3)4/h15-17H,1,9-13H2,2-8H3/t15-,16?,17?,22?,24?/m0/s1. The molecule has 4 heterocycles. The van der Waals surface area contributed by atoms with E-state index in [1.165, 1.54) is 0 Å². The van der Waals surface area contributed by atoms with Crippen molar-refractivity contribution in [3.63, 3.8) is 0 Å². The highest BCUT2D eigenvalue weighted by atomic mass is 16.7. The first-order valence-electron chi connectivity index (χ1n) is 10.8. The zero-order valence-corrected chi connectivity index (χ0v) is 18.6. The van der Waals surface area contributed by atoms with Gasteiger partial charge in [-0.25, -0.2) is 4.79 Å². The largest absolute Gasteiger partial charge is 0.490 e. The molecule has 0 N–H and O–H groups in total. The molecule has 4 fully saturated rings. The molecule has 6 heteroatoms. The first-order chi connectivity index (χ1) is 12.8. The number of hydrogen-bond acceptors (Lipinski definition) is 5. The van der Waals surface area contributed by atoms with Gasteiger partial charge in [-0.15, -0.1) is 6.58 Å². The van der Waals surface area contributed by atoms with Gasteiger partial charge in [-0.1, -0.05) is 0 Å². The molecule has 0 aromatic heterocycles. The quantitative estimate of drug-likeness (QED) is 0.416. The first-order valence-corrected chi connectivity index (χ1v) is 10.8. The fourth-order valence-corrected chi connectivity index (χ4v) is 5.47. The van der Waals surface area contributed by atoms with Crippen LogP contribution in [0.5, 0.6) is 0 Å². The zero-order valence-electron chi connectivity index (χ0n) is 18.6. The van der Waals surface area contributed by atoms with E-state index in [0.29, 0.717) is 12.0 Å². The van der Waals surface area contributed by atoms with Crippen LogP contribution in [-0.4, -0.2) is 52.4 Å². The predicted octanol–water partition coefficient (Wildman–Crippen LogP) is 3.90. The molecule has 0 saturated carbocycles. The van der Waals surface area contributed by atoms with Crippen LogP contribution in [0.1, 0.15) is 80.6 Å². The molecule has 4 aliphatic rings. The molecule has 5 atom stereocenters. The third-order valence-electron chi connectivity index (χ3n) is 7.67. The second kappa shape index (κ2) is 6.08. The predicted molar refractivity (Wildman–Crippen MR) is 110 cm³/mol. The van der Waals surface area contributed by atoms with Gasteiger partial charge in [-0.2, -0.15) is 0 Å². The van der Waals surface area contributed by atoms with Crippen molar-refractivity contribution in [2.75, 3.05) is 0 Å². The minimum absolute atomic E-state index is 0.0309. The first kappa shape index (κ1) is 20.4. The maximum atomic E-state index is 13.1. The molecular weight excluding hydrogens is 353 g/mol. The Labute approximate surface area is 170 Å². The van der Waals surface area contributed by atoms with Gasteiger partial charge < -0.3 is 14.0 Å². The highest BCUT2D eigenvalue weighted by molar-refractivity contribution is 6.54. The molecule has 4 aliphatic heterocycles. The second-order valence-corrected chi connectivity index (χ2v) is 11.2. The molecule has 4 saturated heterocycles.